The van der Waals surface area contributed by atoms with Gasteiger partial charge in [-0.3, -0.25) is 19.3 Å². The Hall–Kier alpha value is -2.11. The summed E-state index contributed by atoms with van der Waals surface area (Å²) in [5, 5.41) is 2.82. The Morgan fingerprint density at radius 3 is 2.52 bits per heavy atom. The quantitative estimate of drug-likeness (QED) is 0.842. The minimum absolute atomic E-state index is 0.0911. The summed E-state index contributed by atoms with van der Waals surface area (Å²) < 4.78 is 5.24. The van der Waals surface area contributed by atoms with Crippen molar-refractivity contribution in [1.82, 2.24) is 10.2 Å². The van der Waals surface area contributed by atoms with Gasteiger partial charge in [-0.15, -0.1) is 0 Å². The summed E-state index contributed by atoms with van der Waals surface area (Å²) >= 11 is 0. The first kappa shape index (κ1) is 15.8. The molecule has 2 heterocycles. The first-order valence-corrected chi connectivity index (χ1v) is 8.26. The standard InChI is InChI=1S/C17H22N2O4/c1-11(14-7-4-10-23-14)18-15(20)8-9-19-16(21)12-5-2-3-6-13(12)17(19)22/h4,7,10-13H,2-3,5-6,8-9H2,1H3,(H,18,20)/t11-,12+,13+/m1/s1. The van der Waals surface area contributed by atoms with Crippen LogP contribution in [0.3, 0.4) is 0 Å². The fourth-order valence-electron chi connectivity index (χ4n) is 3.59. The van der Waals surface area contributed by atoms with Gasteiger partial charge in [-0.05, 0) is 31.9 Å². The van der Waals surface area contributed by atoms with Crippen molar-refractivity contribution in [2.75, 3.05) is 6.54 Å². The van der Waals surface area contributed by atoms with E-state index in [2.05, 4.69) is 5.32 Å². The highest BCUT2D eigenvalue weighted by atomic mass is 16.3. The lowest BCUT2D eigenvalue weighted by Gasteiger charge is -2.19. The maximum atomic E-state index is 12.3. The second kappa shape index (κ2) is 6.56. The minimum Gasteiger partial charge on any atom is -0.467 e. The lowest BCUT2D eigenvalue weighted by molar-refractivity contribution is -0.140. The van der Waals surface area contributed by atoms with Crippen molar-refractivity contribution in [1.29, 1.82) is 0 Å². The molecule has 0 aromatic carbocycles. The number of amides is 3. The number of fused-ring (bicyclic) bond motifs is 1. The van der Waals surface area contributed by atoms with Crippen LogP contribution < -0.4 is 5.32 Å². The predicted molar refractivity (Wildman–Crippen MR) is 82.1 cm³/mol. The van der Waals surface area contributed by atoms with Crippen LogP contribution in [-0.2, 0) is 14.4 Å². The normalized spacial score (nSPS) is 25.3. The smallest absolute Gasteiger partial charge is 0.233 e. The maximum absolute atomic E-state index is 12.3. The van der Waals surface area contributed by atoms with E-state index in [1.165, 1.54) is 4.90 Å². The van der Waals surface area contributed by atoms with E-state index in [0.29, 0.717) is 5.76 Å². The zero-order chi connectivity index (χ0) is 16.4. The molecule has 0 radical (unpaired) electrons. The van der Waals surface area contributed by atoms with Crippen molar-refractivity contribution < 1.29 is 18.8 Å². The Bertz CT molecular complexity index is 572. The van der Waals surface area contributed by atoms with Crippen LogP contribution in [-0.4, -0.2) is 29.2 Å². The summed E-state index contributed by atoms with van der Waals surface area (Å²) in [7, 11) is 0. The van der Waals surface area contributed by atoms with E-state index in [4.69, 9.17) is 4.42 Å². The van der Waals surface area contributed by atoms with E-state index in [1.54, 1.807) is 18.4 Å². The SMILES string of the molecule is C[C@@H](NC(=O)CCN1C(=O)[C@H]2CCCC[C@@H]2C1=O)c1ccco1. The third-order valence-corrected chi connectivity index (χ3v) is 4.84. The molecule has 3 rings (SSSR count). The van der Waals surface area contributed by atoms with Gasteiger partial charge in [0.05, 0.1) is 24.1 Å². The number of nitrogens with zero attached hydrogens (tertiary/aromatic N) is 1. The number of imide groups is 1. The highest BCUT2D eigenvalue weighted by molar-refractivity contribution is 6.05. The molecule has 2 aliphatic rings. The lowest BCUT2D eigenvalue weighted by Crippen LogP contribution is -2.36. The molecule has 0 spiro atoms. The Morgan fingerprint density at radius 1 is 1.30 bits per heavy atom. The van der Waals surface area contributed by atoms with Crippen molar-refractivity contribution in [3.63, 3.8) is 0 Å². The van der Waals surface area contributed by atoms with Crippen LogP contribution in [0.5, 0.6) is 0 Å². The van der Waals surface area contributed by atoms with Crippen molar-refractivity contribution in [3.05, 3.63) is 24.2 Å². The summed E-state index contributed by atoms with van der Waals surface area (Å²) in [6.45, 7) is 2.00. The molecule has 1 aromatic heterocycles. The highest BCUT2D eigenvalue weighted by Gasteiger charge is 2.47. The second-order valence-corrected chi connectivity index (χ2v) is 6.38. The molecule has 3 amide bonds. The molecule has 1 aromatic rings. The summed E-state index contributed by atoms with van der Waals surface area (Å²) in [6, 6.07) is 3.33. The molecule has 2 fully saturated rings. The van der Waals surface area contributed by atoms with Crippen LogP contribution in [0.2, 0.25) is 0 Å². The van der Waals surface area contributed by atoms with Gasteiger partial charge in [0, 0.05) is 13.0 Å². The molecule has 6 nitrogen and oxygen atoms in total. The summed E-state index contributed by atoms with van der Waals surface area (Å²) in [5.41, 5.74) is 0. The number of hydrogen-bond donors (Lipinski definition) is 1. The van der Waals surface area contributed by atoms with Crippen LogP contribution in [0.1, 0.15) is 50.8 Å². The van der Waals surface area contributed by atoms with Gasteiger partial charge in [0.1, 0.15) is 5.76 Å². The Balaban J connectivity index is 1.52. The molecule has 0 bridgehead atoms. The number of hydrogen-bond acceptors (Lipinski definition) is 4. The molecular weight excluding hydrogens is 296 g/mol. The van der Waals surface area contributed by atoms with Crippen LogP contribution in [0, 0.1) is 11.8 Å². The van der Waals surface area contributed by atoms with Gasteiger partial charge in [-0.2, -0.15) is 0 Å². The number of likely N-dealkylation sites (tertiary alicyclic amines) is 1. The Kier molecular flexibility index (Phi) is 4.50. The average molecular weight is 318 g/mol. The zero-order valence-electron chi connectivity index (χ0n) is 13.3. The van der Waals surface area contributed by atoms with Gasteiger partial charge < -0.3 is 9.73 Å². The predicted octanol–water partition coefficient (Wildman–Crippen LogP) is 2.02. The number of rotatable bonds is 5. The zero-order valence-corrected chi connectivity index (χ0v) is 13.3. The molecule has 3 atom stereocenters. The molecule has 0 unspecified atom stereocenters. The van der Waals surface area contributed by atoms with Gasteiger partial charge in [0.15, 0.2) is 0 Å². The third-order valence-electron chi connectivity index (χ3n) is 4.84. The topological polar surface area (TPSA) is 79.6 Å². The fraction of sp³-hybridized carbons (Fsp3) is 0.588. The van der Waals surface area contributed by atoms with Crippen LogP contribution >= 0.6 is 0 Å². The molecule has 23 heavy (non-hydrogen) atoms. The molecule has 1 saturated carbocycles. The van der Waals surface area contributed by atoms with Crippen LogP contribution in [0.15, 0.2) is 22.8 Å². The minimum atomic E-state index is -0.231. The Labute approximate surface area is 135 Å². The van der Waals surface area contributed by atoms with E-state index in [9.17, 15) is 14.4 Å². The van der Waals surface area contributed by atoms with Crippen molar-refractivity contribution in [2.45, 2.75) is 45.1 Å². The first-order chi connectivity index (χ1) is 11.1. The third kappa shape index (κ3) is 3.16. The van der Waals surface area contributed by atoms with Crippen molar-refractivity contribution in [2.24, 2.45) is 11.8 Å². The van der Waals surface area contributed by atoms with E-state index in [0.717, 1.165) is 25.7 Å². The molecule has 1 aliphatic carbocycles. The van der Waals surface area contributed by atoms with Crippen LogP contribution in [0.4, 0.5) is 0 Å². The van der Waals surface area contributed by atoms with Gasteiger partial charge in [0.2, 0.25) is 17.7 Å². The van der Waals surface area contributed by atoms with Gasteiger partial charge in [-0.25, -0.2) is 0 Å². The van der Waals surface area contributed by atoms with Gasteiger partial charge in [0.25, 0.3) is 0 Å². The molecule has 124 valence electrons. The highest BCUT2D eigenvalue weighted by Crippen LogP contribution is 2.37. The van der Waals surface area contributed by atoms with Crippen molar-refractivity contribution in [3.8, 4) is 0 Å². The Morgan fingerprint density at radius 2 is 1.96 bits per heavy atom. The summed E-state index contributed by atoms with van der Waals surface area (Å²) in [6.07, 6.45) is 5.30. The fourth-order valence-corrected chi connectivity index (χ4v) is 3.59. The molecule has 6 heteroatoms. The summed E-state index contributed by atoms with van der Waals surface area (Å²) in [4.78, 5) is 38.0. The molecular formula is C17H22N2O4. The number of carbonyl (C=O) groups is 3. The number of carbonyl (C=O) groups excluding carboxylic acids is 3. The molecule has 1 N–H and O–H groups in total. The lowest BCUT2D eigenvalue weighted by atomic mass is 9.81. The number of furan rings is 1. The molecule has 1 aliphatic heterocycles. The maximum Gasteiger partial charge on any atom is 0.233 e. The van der Waals surface area contributed by atoms with E-state index in [-0.39, 0.29) is 48.6 Å². The van der Waals surface area contributed by atoms with E-state index in [1.807, 2.05) is 6.92 Å². The van der Waals surface area contributed by atoms with Gasteiger partial charge in [-0.1, -0.05) is 12.8 Å². The monoisotopic (exact) mass is 318 g/mol. The largest absolute Gasteiger partial charge is 0.467 e. The van der Waals surface area contributed by atoms with E-state index >= 15 is 0 Å². The van der Waals surface area contributed by atoms with Gasteiger partial charge >= 0.3 is 0 Å². The number of nitrogens with one attached hydrogen (secondary N) is 1. The van der Waals surface area contributed by atoms with E-state index < -0.39 is 0 Å². The van der Waals surface area contributed by atoms with Crippen LogP contribution in [0.25, 0.3) is 0 Å². The first-order valence-electron chi connectivity index (χ1n) is 8.26. The second-order valence-electron chi connectivity index (χ2n) is 6.38. The molecule has 1 saturated heterocycles. The average Bonchev–Trinajstić information content (AvgIpc) is 3.15. The summed E-state index contributed by atoms with van der Waals surface area (Å²) in [5.74, 6) is 0.00272. The van der Waals surface area contributed by atoms with Crippen molar-refractivity contribution >= 4 is 17.7 Å².